The van der Waals surface area contributed by atoms with E-state index in [2.05, 4.69) is 54.1 Å². The van der Waals surface area contributed by atoms with Gasteiger partial charge in [0.1, 0.15) is 18.2 Å². The lowest BCUT2D eigenvalue weighted by molar-refractivity contribution is 0.303. The monoisotopic (exact) mass is 494 g/mol. The van der Waals surface area contributed by atoms with Crippen LogP contribution in [0.5, 0.6) is 5.75 Å². The van der Waals surface area contributed by atoms with E-state index in [1.165, 1.54) is 4.88 Å². The molecule has 0 bridgehead atoms. The quantitative estimate of drug-likeness (QED) is 0.330. The van der Waals surface area contributed by atoms with Crippen LogP contribution in [-0.2, 0) is 12.0 Å². The van der Waals surface area contributed by atoms with Crippen molar-refractivity contribution >= 4 is 22.9 Å². The Kier molecular flexibility index (Phi) is 6.60. The molecule has 0 saturated heterocycles. The Labute approximate surface area is 208 Å². The average Bonchev–Trinajstić information content (AvgIpc) is 3.21. The van der Waals surface area contributed by atoms with E-state index in [4.69, 9.17) is 16.3 Å². The number of halogens is 1. The minimum atomic E-state index is -0.201. The standard InChI is InChI=1S/C26H27ClN4O2S/c1-15-9-23(33-13-18-10-16(2)34-14-18)17(3)24(32)31(15)22-11-21(29-12-19(22)27)20-7-8-28-25(30-20)26(4,5)6/h7-12,14H,13H2,1-6H3. The van der Waals surface area contributed by atoms with E-state index in [1.807, 2.05) is 13.0 Å². The maximum atomic E-state index is 13.4. The van der Waals surface area contributed by atoms with Gasteiger partial charge in [-0.25, -0.2) is 9.97 Å². The molecular formula is C26H27ClN4O2S. The second kappa shape index (κ2) is 9.31. The molecule has 4 rings (SSSR count). The lowest BCUT2D eigenvalue weighted by Gasteiger charge is -2.18. The van der Waals surface area contributed by atoms with Gasteiger partial charge in [-0.15, -0.1) is 11.3 Å². The van der Waals surface area contributed by atoms with Crippen molar-refractivity contribution in [3.05, 3.63) is 84.9 Å². The largest absolute Gasteiger partial charge is 0.488 e. The molecule has 4 aromatic heterocycles. The number of hydrogen-bond acceptors (Lipinski definition) is 6. The van der Waals surface area contributed by atoms with Crippen molar-refractivity contribution in [3.63, 3.8) is 0 Å². The summed E-state index contributed by atoms with van der Waals surface area (Å²) in [6, 6.07) is 7.55. The Hall–Kier alpha value is -3.03. The van der Waals surface area contributed by atoms with Gasteiger partial charge in [-0.3, -0.25) is 14.3 Å². The molecule has 176 valence electrons. The summed E-state index contributed by atoms with van der Waals surface area (Å²) < 4.78 is 7.58. The van der Waals surface area contributed by atoms with Gasteiger partial charge in [0, 0.05) is 40.0 Å². The van der Waals surface area contributed by atoms with Crippen LogP contribution in [0.25, 0.3) is 17.1 Å². The van der Waals surface area contributed by atoms with Crippen LogP contribution >= 0.6 is 22.9 Å². The molecule has 0 aliphatic carbocycles. The zero-order chi connectivity index (χ0) is 24.6. The third kappa shape index (κ3) is 4.91. The zero-order valence-corrected chi connectivity index (χ0v) is 21.7. The fourth-order valence-electron chi connectivity index (χ4n) is 3.58. The van der Waals surface area contributed by atoms with Crippen molar-refractivity contribution in [2.75, 3.05) is 0 Å². The number of aromatic nitrogens is 4. The molecule has 0 radical (unpaired) electrons. The van der Waals surface area contributed by atoms with Gasteiger partial charge in [0.2, 0.25) is 0 Å². The number of rotatable bonds is 5. The predicted molar refractivity (Wildman–Crippen MR) is 137 cm³/mol. The molecule has 8 heteroatoms. The third-order valence-electron chi connectivity index (χ3n) is 5.43. The van der Waals surface area contributed by atoms with Crippen LogP contribution in [0.3, 0.4) is 0 Å². The first-order chi connectivity index (χ1) is 16.0. The second-order valence-corrected chi connectivity index (χ2v) is 10.8. The van der Waals surface area contributed by atoms with Crippen molar-refractivity contribution in [1.29, 1.82) is 0 Å². The Morgan fingerprint density at radius 1 is 1.09 bits per heavy atom. The molecule has 0 atom stereocenters. The highest BCUT2D eigenvalue weighted by molar-refractivity contribution is 7.10. The van der Waals surface area contributed by atoms with Gasteiger partial charge in [-0.05, 0) is 44.4 Å². The van der Waals surface area contributed by atoms with Crippen LogP contribution in [0.15, 0.2) is 46.8 Å². The molecule has 0 N–H and O–H groups in total. The summed E-state index contributed by atoms with van der Waals surface area (Å²) in [5.41, 5.74) is 3.77. The summed E-state index contributed by atoms with van der Waals surface area (Å²) in [5, 5.41) is 2.44. The first-order valence-electron chi connectivity index (χ1n) is 10.9. The van der Waals surface area contributed by atoms with E-state index in [-0.39, 0.29) is 11.0 Å². The van der Waals surface area contributed by atoms with E-state index < -0.39 is 0 Å². The molecule has 4 heterocycles. The molecule has 4 aromatic rings. The minimum absolute atomic E-state index is 0.186. The van der Waals surface area contributed by atoms with Crippen LogP contribution in [0.2, 0.25) is 5.02 Å². The van der Waals surface area contributed by atoms with Crippen LogP contribution in [0, 0.1) is 20.8 Å². The van der Waals surface area contributed by atoms with E-state index in [1.54, 1.807) is 47.4 Å². The summed E-state index contributed by atoms with van der Waals surface area (Å²) in [4.78, 5) is 28.2. The molecule has 0 fully saturated rings. The van der Waals surface area contributed by atoms with Gasteiger partial charge in [0.15, 0.2) is 0 Å². The Morgan fingerprint density at radius 2 is 1.85 bits per heavy atom. The lowest BCUT2D eigenvalue weighted by atomic mass is 9.95. The molecular weight excluding hydrogens is 468 g/mol. The summed E-state index contributed by atoms with van der Waals surface area (Å²) in [7, 11) is 0. The average molecular weight is 495 g/mol. The fourth-order valence-corrected chi connectivity index (χ4v) is 4.46. The normalized spacial score (nSPS) is 11.6. The first-order valence-corrected chi connectivity index (χ1v) is 12.2. The molecule has 0 aliphatic rings. The molecule has 0 spiro atoms. The van der Waals surface area contributed by atoms with Crippen molar-refractivity contribution in [3.8, 4) is 22.8 Å². The highest BCUT2D eigenvalue weighted by Crippen LogP contribution is 2.28. The van der Waals surface area contributed by atoms with Crippen LogP contribution in [0.1, 0.15) is 48.3 Å². The summed E-state index contributed by atoms with van der Waals surface area (Å²) in [5.74, 6) is 1.29. The lowest BCUT2D eigenvalue weighted by Crippen LogP contribution is -2.24. The highest BCUT2D eigenvalue weighted by atomic mass is 35.5. The SMILES string of the molecule is Cc1cc(COc2cc(C)n(-c3cc(-c4ccnc(C(C)(C)C)n4)ncc3Cl)c(=O)c2C)cs1. The smallest absolute Gasteiger partial charge is 0.261 e. The summed E-state index contributed by atoms with van der Waals surface area (Å²) in [6.07, 6.45) is 3.27. The second-order valence-electron chi connectivity index (χ2n) is 9.31. The number of thiophene rings is 1. The van der Waals surface area contributed by atoms with Crippen molar-refractivity contribution in [1.82, 2.24) is 19.5 Å². The number of pyridine rings is 2. The molecule has 0 amide bonds. The van der Waals surface area contributed by atoms with Gasteiger partial charge in [0.05, 0.1) is 27.7 Å². The van der Waals surface area contributed by atoms with E-state index in [0.717, 1.165) is 11.4 Å². The number of hydrogen-bond donors (Lipinski definition) is 0. The van der Waals surface area contributed by atoms with Crippen LogP contribution in [0.4, 0.5) is 0 Å². The van der Waals surface area contributed by atoms with Crippen molar-refractivity contribution < 1.29 is 4.74 Å². The van der Waals surface area contributed by atoms with E-state index in [9.17, 15) is 4.79 Å². The van der Waals surface area contributed by atoms with Crippen LogP contribution < -0.4 is 10.3 Å². The first kappa shape index (κ1) is 24.1. The Balaban J connectivity index is 1.73. The molecule has 34 heavy (non-hydrogen) atoms. The maximum Gasteiger partial charge on any atom is 0.261 e. The van der Waals surface area contributed by atoms with Gasteiger partial charge >= 0.3 is 0 Å². The highest BCUT2D eigenvalue weighted by Gasteiger charge is 2.20. The Morgan fingerprint density at radius 3 is 2.53 bits per heavy atom. The molecule has 0 aliphatic heterocycles. The van der Waals surface area contributed by atoms with Gasteiger partial charge in [0.25, 0.3) is 5.56 Å². The van der Waals surface area contributed by atoms with Gasteiger partial charge in [-0.2, -0.15) is 0 Å². The van der Waals surface area contributed by atoms with Gasteiger partial charge < -0.3 is 4.74 Å². The predicted octanol–water partition coefficient (Wildman–Crippen LogP) is 6.21. The molecule has 0 unspecified atom stereocenters. The molecule has 6 nitrogen and oxygen atoms in total. The number of aryl methyl sites for hydroxylation is 2. The topological polar surface area (TPSA) is 69.9 Å². The van der Waals surface area contributed by atoms with Gasteiger partial charge in [-0.1, -0.05) is 32.4 Å². The summed E-state index contributed by atoms with van der Waals surface area (Å²) in [6.45, 7) is 12.3. The van der Waals surface area contributed by atoms with Crippen LogP contribution in [-0.4, -0.2) is 19.5 Å². The third-order valence-corrected chi connectivity index (χ3v) is 6.63. The molecule has 0 saturated carbocycles. The molecule has 0 aromatic carbocycles. The minimum Gasteiger partial charge on any atom is -0.488 e. The van der Waals surface area contributed by atoms with Crippen molar-refractivity contribution in [2.24, 2.45) is 0 Å². The van der Waals surface area contributed by atoms with Crippen molar-refractivity contribution in [2.45, 2.75) is 53.6 Å². The zero-order valence-electron chi connectivity index (χ0n) is 20.1. The number of ether oxygens (including phenoxy) is 1. The van der Waals surface area contributed by atoms with E-state index in [0.29, 0.717) is 45.7 Å². The summed E-state index contributed by atoms with van der Waals surface area (Å²) >= 11 is 8.19. The fraction of sp³-hybridized carbons (Fsp3) is 0.308. The maximum absolute atomic E-state index is 13.4. The van der Waals surface area contributed by atoms with E-state index >= 15 is 0 Å². The Bertz CT molecular complexity index is 1420. The number of nitrogens with zero attached hydrogens (tertiary/aromatic N) is 4.